The highest BCUT2D eigenvalue weighted by Gasteiger charge is 2.84. The zero-order chi connectivity index (χ0) is 29.7. The third-order valence-electron chi connectivity index (χ3n) is 6.42. The maximum Gasteiger partial charge on any atom is 0.460 e. The molecule has 212 valence electrons. The first kappa shape index (κ1) is 28.2. The van der Waals surface area contributed by atoms with E-state index in [0.29, 0.717) is 10.6 Å². The van der Waals surface area contributed by atoms with Gasteiger partial charge in [-0.25, -0.2) is 9.36 Å². The largest absolute Gasteiger partial charge is 0.493 e. The second kappa shape index (κ2) is 8.08. The van der Waals surface area contributed by atoms with Gasteiger partial charge in [0.15, 0.2) is 0 Å². The Bertz CT molecular complexity index is 1460. The van der Waals surface area contributed by atoms with Gasteiger partial charge in [0.25, 0.3) is 0 Å². The number of imidazole rings is 1. The smallest absolute Gasteiger partial charge is 0.460 e. The third kappa shape index (κ3) is 3.66. The maximum absolute atomic E-state index is 14.3. The number of amides is 1. The first-order chi connectivity index (χ1) is 17.6. The predicted molar refractivity (Wildman–Crippen MR) is 100 cm³/mol. The standard InChI is InChI=1S/C20H10F12N4O3/c21-16(22,18(26,27)19(28,29)20(30,31)32)14(38)34-6-9-4-11(34)12-13(37)36(15(39)35(9)12)8-2-1-7(5-33)10(3-8)17(23,24)25/h1-3,9,11,37H,4,6H2/t9-,11-/m0/s1. The van der Waals surface area contributed by atoms with Crippen LogP contribution in [0.4, 0.5) is 52.7 Å². The van der Waals surface area contributed by atoms with Crippen LogP contribution in [0, 0.1) is 11.3 Å². The summed E-state index contributed by atoms with van der Waals surface area (Å²) < 4.78 is 161. The Hall–Kier alpha value is -3.85. The third-order valence-corrected chi connectivity index (χ3v) is 6.42. The van der Waals surface area contributed by atoms with Gasteiger partial charge in [0, 0.05) is 6.54 Å². The van der Waals surface area contributed by atoms with Crippen LogP contribution in [-0.4, -0.2) is 55.5 Å². The number of fused-ring (bicyclic) bond motifs is 5. The summed E-state index contributed by atoms with van der Waals surface area (Å²) in [5.41, 5.74) is -5.14. The Morgan fingerprint density at radius 2 is 1.56 bits per heavy atom. The number of aromatic nitrogens is 2. The normalized spacial score (nSPS) is 19.8. The van der Waals surface area contributed by atoms with Crippen molar-refractivity contribution in [3.8, 4) is 17.6 Å². The van der Waals surface area contributed by atoms with Crippen LogP contribution in [0.3, 0.4) is 0 Å². The molecule has 39 heavy (non-hydrogen) atoms. The molecule has 7 nitrogen and oxygen atoms in total. The van der Waals surface area contributed by atoms with Crippen LogP contribution in [0.1, 0.15) is 35.3 Å². The van der Waals surface area contributed by atoms with E-state index in [9.17, 15) is 67.4 Å². The zero-order valence-corrected chi connectivity index (χ0v) is 18.4. The van der Waals surface area contributed by atoms with Gasteiger partial charge in [0.1, 0.15) is 5.69 Å². The summed E-state index contributed by atoms with van der Waals surface area (Å²) in [5.74, 6) is -25.6. The molecule has 2 bridgehead atoms. The summed E-state index contributed by atoms with van der Waals surface area (Å²) in [6.07, 6.45) is -12.8. The molecule has 2 aromatic rings. The van der Waals surface area contributed by atoms with Crippen molar-refractivity contribution in [3.63, 3.8) is 0 Å². The highest BCUT2D eigenvalue weighted by molar-refractivity contribution is 5.86. The van der Waals surface area contributed by atoms with Gasteiger partial charge in [-0.1, -0.05) is 0 Å². The number of nitriles is 1. The van der Waals surface area contributed by atoms with E-state index < -0.39 is 95.2 Å². The Labute approximate surface area is 207 Å². The number of halogens is 12. The molecule has 1 aromatic carbocycles. The number of benzene rings is 1. The van der Waals surface area contributed by atoms with Crippen molar-refractivity contribution in [2.24, 2.45) is 0 Å². The number of nitrogens with zero attached hydrogens (tertiary/aromatic N) is 4. The maximum atomic E-state index is 14.3. The van der Waals surface area contributed by atoms with Crippen molar-refractivity contribution in [2.75, 3.05) is 6.54 Å². The summed E-state index contributed by atoms with van der Waals surface area (Å²) in [6, 6.07) is -0.323. The first-order valence-electron chi connectivity index (χ1n) is 10.3. The van der Waals surface area contributed by atoms with Gasteiger partial charge in [-0.05, 0) is 24.6 Å². The lowest BCUT2D eigenvalue weighted by atomic mass is 10.0. The molecule has 0 aliphatic carbocycles. The molecular weight excluding hydrogens is 572 g/mol. The predicted octanol–water partition coefficient (Wildman–Crippen LogP) is 4.53. The number of aromatic hydroxyl groups is 1. The molecule has 1 saturated heterocycles. The Morgan fingerprint density at radius 1 is 0.974 bits per heavy atom. The molecular formula is C20H10F12N4O3. The average Bonchev–Trinajstić information content (AvgIpc) is 3.47. The molecule has 0 saturated carbocycles. The minimum Gasteiger partial charge on any atom is -0.493 e. The number of hydrogen-bond acceptors (Lipinski definition) is 4. The van der Waals surface area contributed by atoms with E-state index in [1.54, 1.807) is 0 Å². The molecule has 0 radical (unpaired) electrons. The van der Waals surface area contributed by atoms with Crippen molar-refractivity contribution in [1.82, 2.24) is 14.0 Å². The van der Waals surface area contributed by atoms with Gasteiger partial charge in [-0.15, -0.1) is 0 Å². The van der Waals surface area contributed by atoms with Crippen LogP contribution in [0.25, 0.3) is 5.69 Å². The van der Waals surface area contributed by atoms with Crippen molar-refractivity contribution in [1.29, 1.82) is 5.26 Å². The minimum absolute atomic E-state index is 0.218. The summed E-state index contributed by atoms with van der Waals surface area (Å²) in [7, 11) is 0. The topological polar surface area (TPSA) is 91.3 Å². The summed E-state index contributed by atoms with van der Waals surface area (Å²) in [5, 5.41) is 19.5. The molecule has 3 heterocycles. The van der Waals surface area contributed by atoms with Crippen LogP contribution < -0.4 is 5.69 Å². The van der Waals surface area contributed by atoms with Gasteiger partial charge >= 0.3 is 41.7 Å². The molecule has 1 fully saturated rings. The first-order valence-corrected chi connectivity index (χ1v) is 10.3. The molecule has 0 unspecified atom stereocenters. The highest BCUT2D eigenvalue weighted by Crippen LogP contribution is 2.56. The van der Waals surface area contributed by atoms with Crippen LogP contribution in [0.5, 0.6) is 5.88 Å². The van der Waals surface area contributed by atoms with Crippen LogP contribution in [0.15, 0.2) is 23.0 Å². The fraction of sp³-hybridized carbons (Fsp3) is 0.450. The minimum atomic E-state index is -7.34. The fourth-order valence-corrected chi connectivity index (χ4v) is 4.60. The van der Waals surface area contributed by atoms with Crippen molar-refractivity contribution >= 4 is 5.91 Å². The summed E-state index contributed by atoms with van der Waals surface area (Å²) >= 11 is 0. The summed E-state index contributed by atoms with van der Waals surface area (Å²) in [4.78, 5) is 24.9. The van der Waals surface area contributed by atoms with Crippen molar-refractivity contribution in [2.45, 2.75) is 48.6 Å². The lowest BCUT2D eigenvalue weighted by molar-refractivity contribution is -0.389. The molecule has 2 atom stereocenters. The summed E-state index contributed by atoms with van der Waals surface area (Å²) in [6.45, 7) is -1.07. The fourth-order valence-electron chi connectivity index (χ4n) is 4.60. The zero-order valence-electron chi connectivity index (χ0n) is 18.4. The van der Waals surface area contributed by atoms with E-state index in [2.05, 4.69) is 0 Å². The Balaban J connectivity index is 1.77. The molecule has 4 rings (SSSR count). The average molecular weight is 582 g/mol. The second-order valence-corrected chi connectivity index (χ2v) is 8.62. The lowest BCUT2D eigenvalue weighted by Gasteiger charge is -2.36. The number of carbonyl (C=O) groups is 1. The molecule has 19 heteroatoms. The Morgan fingerprint density at radius 3 is 2.08 bits per heavy atom. The number of carbonyl (C=O) groups excluding carboxylic acids is 1. The molecule has 1 amide bonds. The van der Waals surface area contributed by atoms with Gasteiger partial charge in [-0.2, -0.15) is 57.9 Å². The number of likely N-dealkylation sites (tertiary alicyclic amines) is 1. The molecule has 0 spiro atoms. The van der Waals surface area contributed by atoms with E-state index in [1.165, 1.54) is 6.07 Å². The monoisotopic (exact) mass is 582 g/mol. The molecule has 1 N–H and O–H groups in total. The van der Waals surface area contributed by atoms with Gasteiger partial charge in [0.2, 0.25) is 5.88 Å². The van der Waals surface area contributed by atoms with Crippen LogP contribution in [0.2, 0.25) is 0 Å². The van der Waals surface area contributed by atoms with Crippen LogP contribution >= 0.6 is 0 Å². The van der Waals surface area contributed by atoms with E-state index in [4.69, 9.17) is 5.26 Å². The highest BCUT2D eigenvalue weighted by atomic mass is 19.4. The van der Waals surface area contributed by atoms with E-state index in [1.807, 2.05) is 0 Å². The van der Waals surface area contributed by atoms with Crippen molar-refractivity contribution in [3.05, 3.63) is 45.5 Å². The van der Waals surface area contributed by atoms with Gasteiger partial charge < -0.3 is 10.0 Å². The van der Waals surface area contributed by atoms with Crippen LogP contribution in [-0.2, 0) is 11.0 Å². The van der Waals surface area contributed by atoms with E-state index in [-0.39, 0.29) is 15.5 Å². The quantitative estimate of drug-likeness (QED) is 0.537. The molecule has 1 aromatic heterocycles. The van der Waals surface area contributed by atoms with Crippen molar-refractivity contribution < 1.29 is 62.6 Å². The molecule has 2 aliphatic rings. The van der Waals surface area contributed by atoms with E-state index in [0.717, 1.165) is 6.07 Å². The van der Waals surface area contributed by atoms with Gasteiger partial charge in [0.05, 0.1) is 35.0 Å². The number of hydrogen-bond donors (Lipinski definition) is 1. The number of rotatable bonds is 4. The number of alkyl halides is 12. The SMILES string of the molecule is N#Cc1ccc(-n2c(O)c3n(c2=O)[C@H]2C[C@@H]3N(C(=O)C(F)(F)C(F)(F)C(F)(F)C(F)(F)F)C2)cc1C(F)(F)F. The van der Waals surface area contributed by atoms with Gasteiger partial charge in [-0.3, -0.25) is 9.36 Å². The lowest BCUT2D eigenvalue weighted by Crippen LogP contribution is -2.65. The second-order valence-electron chi connectivity index (χ2n) is 8.62. The molecule has 2 aliphatic heterocycles. The Kier molecular flexibility index (Phi) is 5.84. The van der Waals surface area contributed by atoms with E-state index >= 15 is 0 Å².